The number of hydrogen-bond acceptors (Lipinski definition) is 10. The lowest BCUT2D eigenvalue weighted by Gasteiger charge is -2.40. The summed E-state index contributed by atoms with van der Waals surface area (Å²) in [6, 6.07) is 0. The van der Waals surface area contributed by atoms with E-state index >= 15 is 0 Å². The molecule has 0 aromatic carbocycles. The molecule has 0 amide bonds. The quantitative estimate of drug-likeness (QED) is 0.298. The molecule has 2 rings (SSSR count). The molecule has 1 heterocycles. The summed E-state index contributed by atoms with van der Waals surface area (Å²) in [6.45, 7) is 11.9. The summed E-state index contributed by atoms with van der Waals surface area (Å²) in [5.74, 6) is -3.33. The topological polar surface area (TPSA) is 135 Å². The first-order valence-corrected chi connectivity index (χ1v) is 13.0. The minimum atomic E-state index is -1.91. The molecule has 0 bridgehead atoms. The lowest BCUT2D eigenvalue weighted by atomic mass is 9.80. The van der Waals surface area contributed by atoms with E-state index in [4.69, 9.17) is 23.7 Å². The van der Waals surface area contributed by atoms with Gasteiger partial charge >= 0.3 is 23.9 Å². The maximum Gasteiger partial charge on any atom is 0.309 e. The number of fused-ring (bicyclic) bond motifs is 1. The highest BCUT2D eigenvalue weighted by Gasteiger charge is 2.63. The number of rotatable bonds is 12. The van der Waals surface area contributed by atoms with Crippen LogP contribution in [-0.4, -0.2) is 60.2 Å². The standard InChI is InChI=1S/C27H42O10/c1-15(2)8-22(29)33-12-19-13-34-26(37-24(31)10-17(5)6)25-20(19)11-21(36-18(7)28)27(25,32)14-35-23(30)9-16(3)4/h13,15-17,20-21,25-26,32H,8-12,14H2,1-7H3/t20-,21-,25-,26-,27+/m1/s1. The van der Waals surface area contributed by atoms with Crippen LogP contribution in [-0.2, 0) is 42.9 Å². The van der Waals surface area contributed by atoms with Crippen LogP contribution in [0.25, 0.3) is 0 Å². The molecule has 1 aliphatic heterocycles. The monoisotopic (exact) mass is 526 g/mol. The molecule has 210 valence electrons. The van der Waals surface area contributed by atoms with Crippen molar-refractivity contribution in [1.82, 2.24) is 0 Å². The van der Waals surface area contributed by atoms with Gasteiger partial charge in [0.1, 0.15) is 24.9 Å². The second-order valence-corrected chi connectivity index (χ2v) is 11.3. The smallest absolute Gasteiger partial charge is 0.309 e. The first kappa shape index (κ1) is 30.6. The van der Waals surface area contributed by atoms with Gasteiger partial charge in [-0.15, -0.1) is 0 Å². The zero-order valence-electron chi connectivity index (χ0n) is 23.0. The Bertz CT molecular complexity index is 861. The highest BCUT2D eigenvalue weighted by atomic mass is 16.7. The van der Waals surface area contributed by atoms with Crippen molar-refractivity contribution in [1.29, 1.82) is 0 Å². The summed E-state index contributed by atoms with van der Waals surface area (Å²) < 4.78 is 27.7. The van der Waals surface area contributed by atoms with Crippen LogP contribution in [0.4, 0.5) is 0 Å². The van der Waals surface area contributed by atoms with Gasteiger partial charge in [-0.3, -0.25) is 19.2 Å². The maximum atomic E-state index is 12.5. The minimum Gasteiger partial charge on any atom is -0.462 e. The number of esters is 4. The molecule has 10 nitrogen and oxygen atoms in total. The fourth-order valence-corrected chi connectivity index (χ4v) is 4.72. The van der Waals surface area contributed by atoms with Crippen LogP contribution in [0.2, 0.25) is 0 Å². The number of aliphatic hydroxyl groups is 1. The molecule has 1 fully saturated rings. The Labute approximate surface area is 219 Å². The Hall–Kier alpha value is -2.62. The average Bonchev–Trinajstić information content (AvgIpc) is 3.02. The van der Waals surface area contributed by atoms with Gasteiger partial charge in [0.25, 0.3) is 0 Å². The van der Waals surface area contributed by atoms with E-state index < -0.39 is 54.3 Å². The molecule has 0 aromatic rings. The Kier molecular flexibility index (Phi) is 11.0. The van der Waals surface area contributed by atoms with Crippen molar-refractivity contribution in [3.05, 3.63) is 11.8 Å². The Morgan fingerprint density at radius 2 is 1.46 bits per heavy atom. The number of carbonyl (C=O) groups excluding carboxylic acids is 4. The molecule has 10 heteroatoms. The largest absolute Gasteiger partial charge is 0.462 e. The molecule has 0 saturated heterocycles. The predicted molar refractivity (Wildman–Crippen MR) is 131 cm³/mol. The van der Waals surface area contributed by atoms with Gasteiger partial charge in [-0.05, 0) is 24.2 Å². The lowest BCUT2D eigenvalue weighted by molar-refractivity contribution is -0.225. The van der Waals surface area contributed by atoms with Gasteiger partial charge in [0.15, 0.2) is 0 Å². The Balaban J connectivity index is 2.37. The number of ether oxygens (including phenoxy) is 5. The van der Waals surface area contributed by atoms with Gasteiger partial charge in [-0.25, -0.2) is 0 Å². The van der Waals surface area contributed by atoms with Gasteiger partial charge in [-0.1, -0.05) is 41.5 Å². The van der Waals surface area contributed by atoms with E-state index in [-0.39, 0.29) is 56.0 Å². The van der Waals surface area contributed by atoms with Gasteiger partial charge in [0, 0.05) is 37.7 Å². The first-order valence-electron chi connectivity index (χ1n) is 13.0. The fraction of sp³-hybridized carbons (Fsp3) is 0.778. The molecule has 5 atom stereocenters. The van der Waals surface area contributed by atoms with Crippen molar-refractivity contribution in [2.45, 2.75) is 92.1 Å². The summed E-state index contributed by atoms with van der Waals surface area (Å²) in [5, 5.41) is 11.9. The maximum absolute atomic E-state index is 12.5. The molecule has 0 aromatic heterocycles. The van der Waals surface area contributed by atoms with Crippen LogP contribution in [0.3, 0.4) is 0 Å². The SMILES string of the molecule is CC(=O)O[C@@H]1C[C@@H]2C(COC(=O)CC(C)C)=CO[C@H](OC(=O)CC(C)C)[C@@H]2[C@]1(O)COC(=O)CC(C)C. The molecule has 37 heavy (non-hydrogen) atoms. The third-order valence-corrected chi connectivity index (χ3v) is 6.30. The molecular formula is C27H42O10. The second-order valence-electron chi connectivity index (χ2n) is 11.3. The van der Waals surface area contributed by atoms with Crippen molar-refractivity contribution in [2.75, 3.05) is 13.2 Å². The van der Waals surface area contributed by atoms with Gasteiger partial charge in [0.05, 0.1) is 12.2 Å². The Morgan fingerprint density at radius 3 is 2.00 bits per heavy atom. The van der Waals surface area contributed by atoms with Crippen LogP contribution in [0, 0.1) is 29.6 Å². The van der Waals surface area contributed by atoms with Crippen LogP contribution >= 0.6 is 0 Å². The van der Waals surface area contributed by atoms with Gasteiger partial charge in [0.2, 0.25) is 6.29 Å². The molecule has 0 unspecified atom stereocenters. The van der Waals surface area contributed by atoms with E-state index in [1.165, 1.54) is 13.2 Å². The molecule has 1 N–H and O–H groups in total. The van der Waals surface area contributed by atoms with Crippen molar-refractivity contribution in [3.63, 3.8) is 0 Å². The minimum absolute atomic E-state index is 0.0339. The van der Waals surface area contributed by atoms with Gasteiger partial charge < -0.3 is 28.8 Å². The van der Waals surface area contributed by atoms with Crippen LogP contribution in [0.5, 0.6) is 0 Å². The average molecular weight is 527 g/mol. The first-order chi connectivity index (χ1) is 17.2. The van der Waals surface area contributed by atoms with E-state index in [0.717, 1.165) is 0 Å². The summed E-state index contributed by atoms with van der Waals surface area (Å²) in [5.41, 5.74) is -1.37. The van der Waals surface area contributed by atoms with E-state index in [0.29, 0.717) is 5.57 Å². The van der Waals surface area contributed by atoms with Gasteiger partial charge in [-0.2, -0.15) is 0 Å². The third-order valence-electron chi connectivity index (χ3n) is 6.30. The predicted octanol–water partition coefficient (Wildman–Crippen LogP) is 3.29. The molecule has 0 radical (unpaired) electrons. The van der Waals surface area contributed by atoms with Crippen molar-refractivity contribution in [2.24, 2.45) is 29.6 Å². The summed E-state index contributed by atoms with van der Waals surface area (Å²) in [4.78, 5) is 48.9. The lowest BCUT2D eigenvalue weighted by Crippen LogP contribution is -2.55. The Morgan fingerprint density at radius 1 is 0.919 bits per heavy atom. The molecule has 1 aliphatic carbocycles. The van der Waals surface area contributed by atoms with Crippen LogP contribution < -0.4 is 0 Å². The second kappa shape index (κ2) is 13.3. The zero-order valence-corrected chi connectivity index (χ0v) is 23.0. The number of hydrogen-bond donors (Lipinski definition) is 1. The summed E-state index contributed by atoms with van der Waals surface area (Å²) in [7, 11) is 0. The van der Waals surface area contributed by atoms with Crippen LogP contribution in [0.15, 0.2) is 11.8 Å². The fourth-order valence-electron chi connectivity index (χ4n) is 4.72. The number of carbonyl (C=O) groups is 4. The summed E-state index contributed by atoms with van der Waals surface area (Å²) >= 11 is 0. The highest BCUT2D eigenvalue weighted by molar-refractivity contribution is 5.71. The summed E-state index contributed by atoms with van der Waals surface area (Å²) in [6.07, 6.45) is -0.270. The van der Waals surface area contributed by atoms with Crippen LogP contribution in [0.1, 0.15) is 74.1 Å². The van der Waals surface area contributed by atoms with E-state index in [1.807, 2.05) is 41.5 Å². The third kappa shape index (κ3) is 8.72. The van der Waals surface area contributed by atoms with Crippen molar-refractivity contribution >= 4 is 23.9 Å². The molecule has 2 aliphatic rings. The molecular weight excluding hydrogens is 484 g/mol. The van der Waals surface area contributed by atoms with Crippen molar-refractivity contribution < 1.29 is 48.0 Å². The van der Waals surface area contributed by atoms with Crippen molar-refractivity contribution in [3.8, 4) is 0 Å². The van der Waals surface area contributed by atoms with E-state index in [1.54, 1.807) is 0 Å². The molecule has 1 saturated carbocycles. The zero-order chi connectivity index (χ0) is 27.9. The normalized spacial score (nSPS) is 26.8. The van der Waals surface area contributed by atoms with E-state index in [9.17, 15) is 24.3 Å². The molecule has 0 spiro atoms. The highest BCUT2D eigenvalue weighted by Crippen LogP contribution is 2.50. The van der Waals surface area contributed by atoms with E-state index in [2.05, 4.69) is 0 Å².